The van der Waals surface area contributed by atoms with Gasteiger partial charge >= 0.3 is 0 Å². The number of ether oxygens (including phenoxy) is 1. The molecule has 0 amide bonds. The molecule has 0 fully saturated rings. The lowest BCUT2D eigenvalue weighted by Gasteiger charge is -2.23. The summed E-state index contributed by atoms with van der Waals surface area (Å²) in [5.74, 6) is 1.33. The van der Waals surface area contributed by atoms with Crippen molar-refractivity contribution in [3.63, 3.8) is 0 Å². The molecule has 2 aromatic rings. The van der Waals surface area contributed by atoms with E-state index in [0.717, 1.165) is 17.9 Å². The van der Waals surface area contributed by atoms with Crippen LogP contribution in [0.1, 0.15) is 31.0 Å². The van der Waals surface area contributed by atoms with Crippen LogP contribution in [0.5, 0.6) is 5.75 Å². The highest BCUT2D eigenvalue weighted by Gasteiger charge is 2.15. The van der Waals surface area contributed by atoms with E-state index in [1.165, 1.54) is 5.56 Å². The summed E-state index contributed by atoms with van der Waals surface area (Å²) in [5, 5.41) is 12.5. The van der Waals surface area contributed by atoms with E-state index in [0.29, 0.717) is 18.6 Å². The fourth-order valence-corrected chi connectivity index (χ4v) is 2.57. The first-order chi connectivity index (χ1) is 10.7. The first-order valence-corrected chi connectivity index (χ1v) is 7.82. The van der Waals surface area contributed by atoms with Crippen molar-refractivity contribution in [2.24, 2.45) is 5.92 Å². The summed E-state index contributed by atoms with van der Waals surface area (Å²) in [6.45, 7) is 5.53. The molecule has 1 atom stereocenters. The van der Waals surface area contributed by atoms with Crippen molar-refractivity contribution < 1.29 is 9.84 Å². The Hall–Kier alpha value is -1.84. The quantitative estimate of drug-likeness (QED) is 0.783. The second-order valence-electron chi connectivity index (χ2n) is 5.69. The summed E-state index contributed by atoms with van der Waals surface area (Å²) < 4.78 is 5.59. The number of rotatable bonds is 8. The van der Waals surface area contributed by atoms with Crippen molar-refractivity contribution in [1.82, 2.24) is 5.32 Å². The van der Waals surface area contributed by atoms with Gasteiger partial charge in [-0.05, 0) is 17.5 Å². The molecule has 2 aromatic carbocycles. The number of nitrogens with one attached hydrogen (secondary N) is 1. The minimum Gasteiger partial charge on any atom is -0.491 e. The topological polar surface area (TPSA) is 41.5 Å². The van der Waals surface area contributed by atoms with Crippen LogP contribution in [-0.4, -0.2) is 18.3 Å². The van der Waals surface area contributed by atoms with E-state index in [1.807, 2.05) is 24.3 Å². The molecular weight excluding hydrogens is 274 g/mol. The van der Waals surface area contributed by atoms with Gasteiger partial charge in [0, 0.05) is 18.2 Å². The Morgan fingerprint density at radius 1 is 1.00 bits per heavy atom. The number of benzene rings is 2. The van der Waals surface area contributed by atoms with Crippen LogP contribution >= 0.6 is 0 Å². The normalized spacial score (nSPS) is 12.4. The molecule has 3 heteroatoms. The Morgan fingerprint density at radius 2 is 1.68 bits per heavy atom. The fourth-order valence-electron chi connectivity index (χ4n) is 2.57. The predicted octanol–water partition coefficient (Wildman–Crippen LogP) is 3.54. The molecule has 0 aliphatic heterocycles. The Labute approximate surface area is 133 Å². The Balaban J connectivity index is 2.07. The number of hydrogen-bond acceptors (Lipinski definition) is 3. The largest absolute Gasteiger partial charge is 0.491 e. The van der Waals surface area contributed by atoms with Gasteiger partial charge in [-0.3, -0.25) is 0 Å². The van der Waals surface area contributed by atoms with E-state index in [4.69, 9.17) is 9.84 Å². The number of para-hydroxylation sites is 1. The summed E-state index contributed by atoms with van der Waals surface area (Å²) in [4.78, 5) is 0. The van der Waals surface area contributed by atoms with Crippen molar-refractivity contribution in [3.05, 3.63) is 65.7 Å². The second kappa shape index (κ2) is 8.57. The first-order valence-electron chi connectivity index (χ1n) is 7.82. The summed E-state index contributed by atoms with van der Waals surface area (Å²) in [7, 11) is 0. The minimum atomic E-state index is 0.0282. The molecule has 22 heavy (non-hydrogen) atoms. The van der Waals surface area contributed by atoms with Gasteiger partial charge in [0.25, 0.3) is 0 Å². The van der Waals surface area contributed by atoms with E-state index in [1.54, 1.807) is 0 Å². The fraction of sp³-hybridized carbons (Fsp3) is 0.368. The molecule has 2 rings (SSSR count). The molecule has 2 N–H and O–H groups in total. The van der Waals surface area contributed by atoms with Crippen LogP contribution in [-0.2, 0) is 6.54 Å². The van der Waals surface area contributed by atoms with Crippen LogP contribution in [0.4, 0.5) is 0 Å². The zero-order valence-electron chi connectivity index (χ0n) is 13.3. The Bertz CT molecular complexity index is 554. The molecule has 0 aliphatic carbocycles. The van der Waals surface area contributed by atoms with E-state index in [9.17, 15) is 0 Å². The summed E-state index contributed by atoms with van der Waals surface area (Å²) in [5.41, 5.74) is 2.41. The van der Waals surface area contributed by atoms with Gasteiger partial charge in [0.05, 0.1) is 6.61 Å². The standard InChI is InChI=1S/C19H25NO2/c1-15(2)19(16-8-4-3-5-9-16)20-14-17-10-6-7-11-18(17)22-13-12-21/h3-11,15,19-21H,12-14H2,1-2H3. The Morgan fingerprint density at radius 3 is 2.36 bits per heavy atom. The minimum absolute atomic E-state index is 0.0282. The Kier molecular flexibility index (Phi) is 6.44. The molecule has 0 aliphatic rings. The zero-order valence-corrected chi connectivity index (χ0v) is 13.3. The third-order valence-electron chi connectivity index (χ3n) is 3.66. The monoisotopic (exact) mass is 299 g/mol. The van der Waals surface area contributed by atoms with Crippen molar-refractivity contribution in [2.45, 2.75) is 26.4 Å². The van der Waals surface area contributed by atoms with Crippen LogP contribution in [0, 0.1) is 5.92 Å². The number of aliphatic hydroxyl groups excluding tert-OH is 1. The van der Waals surface area contributed by atoms with Gasteiger partial charge in [0.2, 0.25) is 0 Å². The third kappa shape index (κ3) is 4.58. The second-order valence-corrected chi connectivity index (χ2v) is 5.69. The zero-order chi connectivity index (χ0) is 15.8. The van der Waals surface area contributed by atoms with E-state index in [-0.39, 0.29) is 6.61 Å². The van der Waals surface area contributed by atoms with Gasteiger partial charge in [-0.1, -0.05) is 62.4 Å². The van der Waals surface area contributed by atoms with Gasteiger partial charge in [0.1, 0.15) is 12.4 Å². The lowest BCUT2D eigenvalue weighted by Crippen LogP contribution is -2.25. The maximum absolute atomic E-state index is 8.92. The molecule has 3 nitrogen and oxygen atoms in total. The molecular formula is C19H25NO2. The lowest BCUT2D eigenvalue weighted by atomic mass is 9.96. The van der Waals surface area contributed by atoms with Crippen LogP contribution < -0.4 is 10.1 Å². The molecule has 0 radical (unpaired) electrons. The van der Waals surface area contributed by atoms with Crippen LogP contribution in [0.15, 0.2) is 54.6 Å². The smallest absolute Gasteiger partial charge is 0.123 e. The molecule has 0 saturated heterocycles. The van der Waals surface area contributed by atoms with Gasteiger partial charge < -0.3 is 15.2 Å². The van der Waals surface area contributed by atoms with Crippen molar-refractivity contribution in [2.75, 3.05) is 13.2 Å². The van der Waals surface area contributed by atoms with Crippen LogP contribution in [0.2, 0.25) is 0 Å². The summed E-state index contributed by atoms with van der Waals surface area (Å²) in [6.07, 6.45) is 0. The van der Waals surface area contributed by atoms with Crippen LogP contribution in [0.3, 0.4) is 0 Å². The molecule has 1 unspecified atom stereocenters. The highest BCUT2D eigenvalue weighted by molar-refractivity contribution is 5.33. The summed E-state index contributed by atoms with van der Waals surface area (Å²) >= 11 is 0. The molecule has 118 valence electrons. The highest BCUT2D eigenvalue weighted by atomic mass is 16.5. The maximum atomic E-state index is 8.92. The molecule has 0 heterocycles. The van der Waals surface area contributed by atoms with Gasteiger partial charge in [-0.2, -0.15) is 0 Å². The molecule has 0 spiro atoms. The lowest BCUT2D eigenvalue weighted by molar-refractivity contribution is 0.200. The predicted molar refractivity (Wildman–Crippen MR) is 89.9 cm³/mol. The average molecular weight is 299 g/mol. The van der Waals surface area contributed by atoms with Gasteiger partial charge in [-0.15, -0.1) is 0 Å². The van der Waals surface area contributed by atoms with E-state index in [2.05, 4.69) is 49.5 Å². The molecule has 0 bridgehead atoms. The number of hydrogen-bond donors (Lipinski definition) is 2. The SMILES string of the molecule is CC(C)C(NCc1ccccc1OCCO)c1ccccc1. The van der Waals surface area contributed by atoms with E-state index >= 15 is 0 Å². The van der Waals surface area contributed by atoms with Gasteiger partial charge in [-0.25, -0.2) is 0 Å². The van der Waals surface area contributed by atoms with Gasteiger partial charge in [0.15, 0.2) is 0 Å². The highest BCUT2D eigenvalue weighted by Crippen LogP contribution is 2.24. The molecule has 0 saturated carbocycles. The molecule has 0 aromatic heterocycles. The van der Waals surface area contributed by atoms with Crippen LogP contribution in [0.25, 0.3) is 0 Å². The van der Waals surface area contributed by atoms with Crippen molar-refractivity contribution in [3.8, 4) is 5.75 Å². The van der Waals surface area contributed by atoms with E-state index < -0.39 is 0 Å². The first kappa shape index (κ1) is 16.5. The summed E-state index contributed by atoms with van der Waals surface area (Å²) in [6, 6.07) is 18.8. The van der Waals surface area contributed by atoms with Crippen molar-refractivity contribution in [1.29, 1.82) is 0 Å². The maximum Gasteiger partial charge on any atom is 0.123 e. The average Bonchev–Trinajstić information content (AvgIpc) is 2.55. The van der Waals surface area contributed by atoms with Crippen molar-refractivity contribution >= 4 is 0 Å². The number of aliphatic hydroxyl groups is 1. The third-order valence-corrected chi connectivity index (χ3v) is 3.66.